The number of amides is 4. The summed E-state index contributed by atoms with van der Waals surface area (Å²) in [6.07, 6.45) is 6.75. The number of hydrogen-bond donors (Lipinski definition) is 5. The minimum absolute atomic E-state index is 0.183. The molecule has 2 aliphatic rings. The minimum Gasteiger partial charge on any atom is -0.453 e. The maximum Gasteiger partial charge on any atom is 0.407 e. The van der Waals surface area contributed by atoms with Gasteiger partial charge in [0.25, 0.3) is 5.91 Å². The zero-order chi connectivity index (χ0) is 41.0. The molecule has 4 amide bonds. The first kappa shape index (κ1) is 38.9. The van der Waals surface area contributed by atoms with E-state index in [1.807, 2.05) is 59.6 Å². The fourth-order valence-electron chi connectivity index (χ4n) is 8.24. The lowest BCUT2D eigenvalue weighted by Gasteiger charge is -2.28. The van der Waals surface area contributed by atoms with Crippen molar-refractivity contribution >= 4 is 34.9 Å². The SMILES string of the molecule is CNC(=O)O[C@@H](C)C(=O)N1CCC[C@H]1c1ncc(-c2ccc(-c3ccc(-c4cnc([C@@H]5CCCN5C(=O)[C@H](Cc5c[nH]c6ccccc56)NC(=O)OC)[nH]4)cc3)cc2)[nH]1. The molecule has 15 heteroatoms. The Morgan fingerprint density at radius 3 is 1.86 bits per heavy atom. The van der Waals surface area contributed by atoms with Gasteiger partial charge in [0.2, 0.25) is 5.91 Å². The number of hydrogen-bond acceptors (Lipinski definition) is 8. The van der Waals surface area contributed by atoms with E-state index in [1.54, 1.807) is 24.2 Å². The van der Waals surface area contributed by atoms with Crippen LogP contribution in [0, 0.1) is 0 Å². The third kappa shape index (κ3) is 8.13. The number of nitrogens with one attached hydrogen (secondary N) is 5. The van der Waals surface area contributed by atoms with Gasteiger partial charge in [-0.2, -0.15) is 0 Å². The molecule has 6 aromatic rings. The van der Waals surface area contributed by atoms with Gasteiger partial charge in [-0.25, -0.2) is 19.6 Å². The van der Waals surface area contributed by atoms with Gasteiger partial charge in [-0.1, -0.05) is 66.7 Å². The minimum atomic E-state index is -0.899. The average molecular weight is 798 g/mol. The van der Waals surface area contributed by atoms with Gasteiger partial charge in [0, 0.05) is 43.7 Å². The third-order valence-electron chi connectivity index (χ3n) is 11.3. The molecule has 3 aromatic carbocycles. The van der Waals surface area contributed by atoms with Gasteiger partial charge in [0.15, 0.2) is 6.10 Å². The van der Waals surface area contributed by atoms with Crippen LogP contribution in [0.15, 0.2) is 91.4 Å². The van der Waals surface area contributed by atoms with Crippen molar-refractivity contribution in [3.05, 3.63) is 109 Å². The van der Waals surface area contributed by atoms with Crippen molar-refractivity contribution in [3.8, 4) is 33.6 Å². The van der Waals surface area contributed by atoms with Gasteiger partial charge in [0.05, 0.1) is 43.0 Å². The fraction of sp³-hybridized carbons (Fsp3) is 0.318. The van der Waals surface area contributed by atoms with E-state index >= 15 is 0 Å². The maximum atomic E-state index is 14.1. The number of carbonyl (C=O) groups excluding carboxylic acids is 4. The summed E-state index contributed by atoms with van der Waals surface area (Å²) in [7, 11) is 2.75. The first-order valence-corrected chi connectivity index (χ1v) is 19.9. The predicted octanol–water partition coefficient (Wildman–Crippen LogP) is 6.65. The van der Waals surface area contributed by atoms with Crippen LogP contribution in [-0.2, 0) is 25.5 Å². The molecule has 59 heavy (non-hydrogen) atoms. The van der Waals surface area contributed by atoms with Crippen molar-refractivity contribution in [3.63, 3.8) is 0 Å². The molecule has 2 aliphatic heterocycles. The number of ether oxygens (including phenoxy) is 2. The molecule has 2 fully saturated rings. The average Bonchev–Trinajstić information content (AvgIpc) is 4.13. The first-order chi connectivity index (χ1) is 28.7. The summed E-state index contributed by atoms with van der Waals surface area (Å²) in [5.41, 5.74) is 7.61. The number of likely N-dealkylation sites (tertiary alicyclic amines) is 2. The molecule has 0 spiro atoms. The van der Waals surface area contributed by atoms with Crippen molar-refractivity contribution in [2.24, 2.45) is 0 Å². The van der Waals surface area contributed by atoms with Crippen LogP contribution in [0.1, 0.15) is 61.9 Å². The zero-order valence-electron chi connectivity index (χ0n) is 33.2. The summed E-state index contributed by atoms with van der Waals surface area (Å²) in [6.45, 7) is 2.71. The van der Waals surface area contributed by atoms with E-state index in [-0.39, 0.29) is 23.9 Å². The number of para-hydroxylation sites is 1. The quantitative estimate of drug-likeness (QED) is 0.0962. The summed E-state index contributed by atoms with van der Waals surface area (Å²) < 4.78 is 10.1. The normalized spacial score (nSPS) is 17.5. The van der Waals surface area contributed by atoms with Crippen molar-refractivity contribution in [1.29, 1.82) is 0 Å². The van der Waals surface area contributed by atoms with Gasteiger partial charge in [0.1, 0.15) is 17.7 Å². The summed E-state index contributed by atoms with van der Waals surface area (Å²) in [5, 5.41) is 6.16. The first-order valence-electron chi connectivity index (χ1n) is 19.9. The molecule has 0 radical (unpaired) electrons. The summed E-state index contributed by atoms with van der Waals surface area (Å²) >= 11 is 0. The highest BCUT2D eigenvalue weighted by molar-refractivity contribution is 5.89. The molecule has 5 N–H and O–H groups in total. The lowest BCUT2D eigenvalue weighted by molar-refractivity contribution is -0.140. The third-order valence-corrected chi connectivity index (χ3v) is 11.3. The summed E-state index contributed by atoms with van der Waals surface area (Å²) in [6, 6.07) is 23.0. The van der Waals surface area contributed by atoms with Gasteiger partial charge >= 0.3 is 12.2 Å². The van der Waals surface area contributed by atoms with Crippen LogP contribution in [0.25, 0.3) is 44.5 Å². The second-order valence-electron chi connectivity index (χ2n) is 14.9. The Kier molecular flexibility index (Phi) is 11.2. The number of aromatic nitrogens is 5. The number of fused-ring (bicyclic) bond motifs is 1. The second-order valence-corrected chi connectivity index (χ2v) is 14.9. The van der Waals surface area contributed by atoms with Crippen LogP contribution in [0.4, 0.5) is 9.59 Å². The lowest BCUT2D eigenvalue weighted by Crippen LogP contribution is -2.49. The molecule has 15 nitrogen and oxygen atoms in total. The number of H-pyrrole nitrogens is 3. The maximum absolute atomic E-state index is 14.1. The van der Waals surface area contributed by atoms with Crippen molar-refractivity contribution in [2.45, 2.75) is 63.3 Å². The van der Waals surface area contributed by atoms with Gasteiger partial charge in [-0.05, 0) is 66.5 Å². The largest absolute Gasteiger partial charge is 0.453 e. The monoisotopic (exact) mass is 797 g/mol. The Bertz CT molecular complexity index is 2450. The molecule has 8 rings (SSSR count). The van der Waals surface area contributed by atoms with Crippen LogP contribution < -0.4 is 10.6 Å². The van der Waals surface area contributed by atoms with Gasteiger partial charge < -0.3 is 44.9 Å². The molecule has 304 valence electrons. The number of aromatic amines is 3. The van der Waals surface area contributed by atoms with E-state index < -0.39 is 24.3 Å². The highest BCUT2D eigenvalue weighted by Crippen LogP contribution is 2.35. The zero-order valence-corrected chi connectivity index (χ0v) is 33.2. The molecule has 0 unspecified atom stereocenters. The number of benzene rings is 3. The number of alkyl carbamates (subject to hydrolysis) is 2. The summed E-state index contributed by atoms with van der Waals surface area (Å²) in [4.78, 5) is 74.3. The number of imidazole rings is 2. The topological polar surface area (TPSA) is 190 Å². The molecule has 0 bridgehead atoms. The van der Waals surface area contributed by atoms with Crippen molar-refractivity contribution < 1.29 is 28.7 Å². The van der Waals surface area contributed by atoms with Gasteiger partial charge in [-0.3, -0.25) is 9.59 Å². The number of nitrogens with zero attached hydrogens (tertiary/aromatic N) is 4. The molecule has 5 heterocycles. The van der Waals surface area contributed by atoms with Crippen LogP contribution >= 0.6 is 0 Å². The van der Waals surface area contributed by atoms with E-state index in [0.29, 0.717) is 31.2 Å². The van der Waals surface area contributed by atoms with E-state index in [4.69, 9.17) is 14.5 Å². The highest BCUT2D eigenvalue weighted by atomic mass is 16.6. The van der Waals surface area contributed by atoms with Crippen LogP contribution in [-0.4, -0.2) is 98.1 Å². The van der Waals surface area contributed by atoms with Crippen LogP contribution in [0.5, 0.6) is 0 Å². The van der Waals surface area contributed by atoms with E-state index in [1.165, 1.54) is 14.2 Å². The highest BCUT2D eigenvalue weighted by Gasteiger charge is 2.37. The van der Waals surface area contributed by atoms with Gasteiger partial charge in [-0.15, -0.1) is 0 Å². The van der Waals surface area contributed by atoms with Crippen LogP contribution in [0.3, 0.4) is 0 Å². The smallest absolute Gasteiger partial charge is 0.407 e. The fourth-order valence-corrected chi connectivity index (χ4v) is 8.24. The Hall–Kier alpha value is -6.90. The molecule has 2 saturated heterocycles. The molecule has 4 atom stereocenters. The number of methoxy groups -OCH3 is 1. The molecular weight excluding hydrogens is 751 g/mol. The van der Waals surface area contributed by atoms with Crippen LogP contribution in [0.2, 0.25) is 0 Å². The Balaban J connectivity index is 0.920. The van der Waals surface area contributed by atoms with E-state index in [0.717, 1.165) is 75.8 Å². The molecule has 0 aliphatic carbocycles. The van der Waals surface area contributed by atoms with E-state index in [9.17, 15) is 19.2 Å². The number of rotatable bonds is 11. The predicted molar refractivity (Wildman–Crippen MR) is 221 cm³/mol. The molecule has 0 saturated carbocycles. The van der Waals surface area contributed by atoms with Crippen molar-refractivity contribution in [1.82, 2.24) is 45.4 Å². The Morgan fingerprint density at radius 2 is 1.31 bits per heavy atom. The Labute approximate surface area is 340 Å². The summed E-state index contributed by atoms with van der Waals surface area (Å²) in [5.74, 6) is 0.974. The van der Waals surface area contributed by atoms with E-state index in [2.05, 4.69) is 54.8 Å². The number of carbonyl (C=O) groups is 4. The van der Waals surface area contributed by atoms with Crippen molar-refractivity contribution in [2.75, 3.05) is 27.2 Å². The second kappa shape index (κ2) is 16.9. The molecular formula is C44H47N9O6. The molecule has 3 aromatic heterocycles. The standard InChI is InChI=1S/C44H47N9O6/c1-26(59-43(56)45-2)41(54)52-20-6-10-37(52)39-47-24-35(49-39)29-16-12-27(13-17-29)28-14-18-30(19-15-28)36-25-48-40(50-36)38-11-7-21-53(38)42(55)34(51-44(57)58-3)22-31-23-46-33-9-5-4-8-32(31)33/h4-5,8-9,12-19,23-26,34,37-38,46H,6-7,10-11,20-22H2,1-3H3,(H,45,56)(H,47,49)(H,48,50)(H,51,57)/t26-,34-,37-,38-/m0/s1. The Morgan fingerprint density at radius 1 is 0.763 bits per heavy atom. The lowest BCUT2D eigenvalue weighted by atomic mass is 10.0.